The fourth-order valence-corrected chi connectivity index (χ4v) is 2.42. The molecule has 0 spiro atoms. The number of aryl methyl sites for hydroxylation is 1. The van der Waals surface area contributed by atoms with E-state index in [9.17, 15) is 4.39 Å². The molecule has 1 aromatic carbocycles. The fraction of sp³-hybridized carbons (Fsp3) is 0.571. The molecule has 1 aromatic rings. The molecule has 3 rings (SSSR count). The van der Waals surface area contributed by atoms with Gasteiger partial charge in [-0.05, 0) is 42.9 Å². The molecule has 1 heterocycles. The number of halogens is 1. The van der Waals surface area contributed by atoms with Gasteiger partial charge in [-0.2, -0.15) is 0 Å². The zero-order valence-electron chi connectivity index (χ0n) is 10.1. The van der Waals surface area contributed by atoms with Crippen LogP contribution >= 0.6 is 0 Å². The van der Waals surface area contributed by atoms with Crippen LogP contribution in [-0.2, 0) is 4.74 Å². The molecular weight excluding hydrogens is 217 g/mol. The topological polar surface area (TPSA) is 21.3 Å². The summed E-state index contributed by atoms with van der Waals surface area (Å²) in [7, 11) is 0. The number of ether oxygens (including phenoxy) is 1. The lowest BCUT2D eigenvalue weighted by atomic mass is 10.0. The standard InChI is InChI=1S/C14H18FNO/c1-9-2-3-11(6-12(9)15)14-8-16-7-13(17-14)10-4-5-10/h2-3,6,10,13-14,16H,4-5,7-8H2,1H3. The lowest BCUT2D eigenvalue weighted by molar-refractivity contribution is -0.0494. The minimum absolute atomic E-state index is 0.00412. The van der Waals surface area contributed by atoms with E-state index in [1.54, 1.807) is 13.0 Å². The van der Waals surface area contributed by atoms with Crippen molar-refractivity contribution in [1.29, 1.82) is 0 Å². The van der Waals surface area contributed by atoms with Crippen LogP contribution in [0, 0.1) is 18.7 Å². The van der Waals surface area contributed by atoms with E-state index in [0.717, 1.165) is 24.6 Å². The molecule has 1 saturated carbocycles. The van der Waals surface area contributed by atoms with Crippen molar-refractivity contribution < 1.29 is 9.13 Å². The maximum atomic E-state index is 13.5. The van der Waals surface area contributed by atoms with Crippen LogP contribution < -0.4 is 5.32 Å². The molecule has 2 fully saturated rings. The zero-order valence-corrected chi connectivity index (χ0v) is 10.1. The van der Waals surface area contributed by atoms with Crippen LogP contribution in [0.1, 0.15) is 30.1 Å². The first kappa shape index (κ1) is 11.2. The third-order valence-corrected chi connectivity index (χ3v) is 3.73. The molecule has 0 bridgehead atoms. The Balaban J connectivity index is 1.75. The summed E-state index contributed by atoms with van der Waals surface area (Å²) in [5.74, 6) is 0.584. The monoisotopic (exact) mass is 235 g/mol. The van der Waals surface area contributed by atoms with E-state index >= 15 is 0 Å². The molecule has 2 nitrogen and oxygen atoms in total. The normalized spacial score (nSPS) is 29.3. The van der Waals surface area contributed by atoms with Crippen LogP contribution in [-0.4, -0.2) is 19.2 Å². The van der Waals surface area contributed by atoms with Gasteiger partial charge in [-0.15, -0.1) is 0 Å². The highest BCUT2D eigenvalue weighted by molar-refractivity contribution is 5.25. The highest BCUT2D eigenvalue weighted by atomic mass is 19.1. The summed E-state index contributed by atoms with van der Waals surface area (Å²) in [5, 5.41) is 3.39. The fourth-order valence-electron chi connectivity index (χ4n) is 2.42. The summed E-state index contributed by atoms with van der Waals surface area (Å²) in [6, 6.07) is 5.41. The minimum Gasteiger partial charge on any atom is -0.367 e. The molecule has 2 unspecified atom stereocenters. The van der Waals surface area contributed by atoms with Crippen LogP contribution in [0.2, 0.25) is 0 Å². The van der Waals surface area contributed by atoms with Crippen LogP contribution in [0.5, 0.6) is 0 Å². The highest BCUT2D eigenvalue weighted by Crippen LogP contribution is 2.37. The molecule has 2 aliphatic rings. The number of nitrogens with one attached hydrogen (secondary N) is 1. The van der Waals surface area contributed by atoms with Crippen molar-refractivity contribution in [2.24, 2.45) is 5.92 Å². The second kappa shape index (κ2) is 4.39. The largest absolute Gasteiger partial charge is 0.367 e. The molecule has 0 radical (unpaired) electrons. The maximum absolute atomic E-state index is 13.5. The van der Waals surface area contributed by atoms with Gasteiger partial charge in [0, 0.05) is 13.1 Å². The molecule has 0 aromatic heterocycles. The lowest BCUT2D eigenvalue weighted by Gasteiger charge is -2.31. The Labute approximate surface area is 101 Å². The first-order valence-electron chi connectivity index (χ1n) is 6.36. The van der Waals surface area contributed by atoms with E-state index in [4.69, 9.17) is 4.74 Å². The summed E-state index contributed by atoms with van der Waals surface area (Å²) >= 11 is 0. The van der Waals surface area contributed by atoms with Gasteiger partial charge in [0.15, 0.2) is 0 Å². The Morgan fingerprint density at radius 1 is 1.29 bits per heavy atom. The molecule has 1 aliphatic heterocycles. The Hall–Kier alpha value is -0.930. The summed E-state index contributed by atoms with van der Waals surface area (Å²) in [6.45, 7) is 3.51. The van der Waals surface area contributed by atoms with Crippen molar-refractivity contribution in [3.8, 4) is 0 Å². The third-order valence-electron chi connectivity index (χ3n) is 3.73. The molecular formula is C14H18FNO. The second-order valence-corrected chi connectivity index (χ2v) is 5.17. The first-order chi connectivity index (χ1) is 8.24. The predicted molar refractivity (Wildman–Crippen MR) is 64.3 cm³/mol. The smallest absolute Gasteiger partial charge is 0.126 e. The van der Waals surface area contributed by atoms with Gasteiger partial charge in [0.05, 0.1) is 12.2 Å². The van der Waals surface area contributed by atoms with E-state index in [-0.39, 0.29) is 11.9 Å². The van der Waals surface area contributed by atoms with Crippen LogP contribution in [0.15, 0.2) is 18.2 Å². The molecule has 17 heavy (non-hydrogen) atoms. The van der Waals surface area contributed by atoms with Gasteiger partial charge in [0.2, 0.25) is 0 Å². The summed E-state index contributed by atoms with van der Waals surface area (Å²) in [5.41, 5.74) is 1.64. The predicted octanol–water partition coefficient (Wildman–Crippen LogP) is 2.57. The molecule has 1 N–H and O–H groups in total. The Bertz CT molecular complexity index is 417. The van der Waals surface area contributed by atoms with Crippen molar-refractivity contribution in [3.63, 3.8) is 0 Å². The van der Waals surface area contributed by atoms with Gasteiger partial charge in [-0.25, -0.2) is 4.39 Å². The van der Waals surface area contributed by atoms with Crippen molar-refractivity contribution in [2.45, 2.75) is 32.0 Å². The van der Waals surface area contributed by atoms with E-state index in [1.807, 2.05) is 12.1 Å². The van der Waals surface area contributed by atoms with Crippen LogP contribution in [0.25, 0.3) is 0 Å². The minimum atomic E-state index is -0.139. The maximum Gasteiger partial charge on any atom is 0.126 e. The Kier molecular flexibility index (Phi) is 2.89. The molecule has 1 aliphatic carbocycles. The Morgan fingerprint density at radius 2 is 2.12 bits per heavy atom. The van der Waals surface area contributed by atoms with E-state index in [0.29, 0.717) is 11.7 Å². The number of morpholine rings is 1. The summed E-state index contributed by atoms with van der Waals surface area (Å²) in [4.78, 5) is 0. The van der Waals surface area contributed by atoms with Crippen molar-refractivity contribution in [1.82, 2.24) is 5.32 Å². The quantitative estimate of drug-likeness (QED) is 0.850. The van der Waals surface area contributed by atoms with Crippen LogP contribution in [0.4, 0.5) is 4.39 Å². The molecule has 2 atom stereocenters. The molecule has 3 heteroatoms. The Morgan fingerprint density at radius 3 is 2.82 bits per heavy atom. The SMILES string of the molecule is Cc1ccc(C2CNCC(C3CC3)O2)cc1F. The molecule has 0 amide bonds. The molecule has 1 saturated heterocycles. The first-order valence-corrected chi connectivity index (χ1v) is 6.36. The van der Waals surface area contributed by atoms with Crippen molar-refractivity contribution in [2.75, 3.05) is 13.1 Å². The van der Waals surface area contributed by atoms with E-state index in [1.165, 1.54) is 12.8 Å². The third kappa shape index (κ3) is 2.35. The van der Waals surface area contributed by atoms with Gasteiger partial charge in [-0.1, -0.05) is 12.1 Å². The van der Waals surface area contributed by atoms with Crippen molar-refractivity contribution >= 4 is 0 Å². The summed E-state index contributed by atoms with van der Waals surface area (Å²) < 4.78 is 19.6. The van der Waals surface area contributed by atoms with Crippen LogP contribution in [0.3, 0.4) is 0 Å². The van der Waals surface area contributed by atoms with Gasteiger partial charge in [0.25, 0.3) is 0 Å². The number of benzene rings is 1. The lowest BCUT2D eigenvalue weighted by Crippen LogP contribution is -2.41. The van der Waals surface area contributed by atoms with E-state index < -0.39 is 0 Å². The second-order valence-electron chi connectivity index (χ2n) is 5.17. The van der Waals surface area contributed by atoms with Crippen molar-refractivity contribution in [3.05, 3.63) is 35.1 Å². The zero-order chi connectivity index (χ0) is 11.8. The summed E-state index contributed by atoms with van der Waals surface area (Å²) in [6.07, 6.45) is 2.88. The van der Waals surface area contributed by atoms with E-state index in [2.05, 4.69) is 5.32 Å². The van der Waals surface area contributed by atoms with Gasteiger partial charge in [-0.3, -0.25) is 0 Å². The van der Waals surface area contributed by atoms with Gasteiger partial charge < -0.3 is 10.1 Å². The number of rotatable bonds is 2. The number of hydrogen-bond donors (Lipinski definition) is 1. The average molecular weight is 235 g/mol. The van der Waals surface area contributed by atoms with Gasteiger partial charge >= 0.3 is 0 Å². The van der Waals surface area contributed by atoms with Gasteiger partial charge in [0.1, 0.15) is 5.82 Å². The highest BCUT2D eigenvalue weighted by Gasteiger charge is 2.36. The average Bonchev–Trinajstić information content (AvgIpc) is 3.17. The number of hydrogen-bond acceptors (Lipinski definition) is 2. The molecule has 92 valence electrons.